The lowest BCUT2D eigenvalue weighted by atomic mass is 10.1. The van der Waals surface area contributed by atoms with E-state index < -0.39 is 0 Å². The highest BCUT2D eigenvalue weighted by atomic mass is 16.5. The summed E-state index contributed by atoms with van der Waals surface area (Å²) in [4.78, 5) is 13.5. The maximum absolute atomic E-state index is 12.1. The van der Waals surface area contributed by atoms with E-state index >= 15 is 0 Å². The van der Waals surface area contributed by atoms with Crippen LogP contribution in [-0.2, 0) is 0 Å². The third-order valence-electron chi connectivity index (χ3n) is 2.52. The van der Waals surface area contributed by atoms with Crippen LogP contribution in [0.25, 0.3) is 0 Å². The molecule has 0 saturated heterocycles. The molecule has 0 bridgehead atoms. The Morgan fingerprint density at radius 1 is 1.33 bits per heavy atom. The van der Waals surface area contributed by atoms with Crippen molar-refractivity contribution in [2.24, 2.45) is 0 Å². The highest BCUT2D eigenvalue weighted by Crippen LogP contribution is 2.20. The van der Waals surface area contributed by atoms with Gasteiger partial charge in [0.2, 0.25) is 0 Å². The van der Waals surface area contributed by atoms with E-state index in [4.69, 9.17) is 20.7 Å². The van der Waals surface area contributed by atoms with Crippen LogP contribution in [0.3, 0.4) is 0 Å². The van der Waals surface area contributed by atoms with Crippen LogP contribution in [0.15, 0.2) is 18.2 Å². The van der Waals surface area contributed by atoms with E-state index in [2.05, 4.69) is 0 Å². The fraction of sp³-hybridized carbons (Fsp3) is 0.417. The number of ether oxygens (including phenoxy) is 1. The van der Waals surface area contributed by atoms with Crippen LogP contribution in [0.4, 0.5) is 5.69 Å². The quantitative estimate of drug-likeness (QED) is 0.606. The molecule has 0 aromatic heterocycles. The third kappa shape index (κ3) is 3.35. The number of aliphatic hydroxyl groups excluding tert-OH is 2. The fourth-order valence-corrected chi connectivity index (χ4v) is 1.59. The van der Waals surface area contributed by atoms with Gasteiger partial charge < -0.3 is 25.6 Å². The molecule has 4 N–H and O–H groups in total. The van der Waals surface area contributed by atoms with Crippen LogP contribution in [-0.4, -0.2) is 54.4 Å². The number of rotatable bonds is 6. The maximum Gasteiger partial charge on any atom is 0.256 e. The molecule has 6 nitrogen and oxygen atoms in total. The Kier molecular flexibility index (Phi) is 5.41. The fourth-order valence-electron chi connectivity index (χ4n) is 1.59. The number of methoxy groups -OCH3 is 1. The third-order valence-corrected chi connectivity index (χ3v) is 2.52. The molecular weight excluding hydrogens is 236 g/mol. The van der Waals surface area contributed by atoms with Gasteiger partial charge >= 0.3 is 0 Å². The van der Waals surface area contributed by atoms with Crippen molar-refractivity contribution in [1.82, 2.24) is 4.90 Å². The minimum atomic E-state index is -0.321. The predicted octanol–water partition coefficient (Wildman–Crippen LogP) is -0.296. The average Bonchev–Trinajstić information content (AvgIpc) is 2.37. The lowest BCUT2D eigenvalue weighted by Gasteiger charge is -2.21. The second-order valence-corrected chi connectivity index (χ2v) is 3.69. The Labute approximate surface area is 106 Å². The van der Waals surface area contributed by atoms with Crippen molar-refractivity contribution < 1.29 is 19.7 Å². The minimum absolute atomic E-state index is 0.158. The standard InChI is InChI=1S/C12H18N2O4/c1-18-9-2-3-10(11(13)8-9)12(17)14(4-6-15)5-7-16/h2-3,8,15-16H,4-7,13H2,1H3. The lowest BCUT2D eigenvalue weighted by molar-refractivity contribution is 0.0686. The van der Waals surface area contributed by atoms with E-state index in [1.807, 2.05) is 0 Å². The van der Waals surface area contributed by atoms with E-state index in [1.165, 1.54) is 12.0 Å². The van der Waals surface area contributed by atoms with Gasteiger partial charge in [0.1, 0.15) is 5.75 Å². The van der Waals surface area contributed by atoms with Gasteiger partial charge in [-0.15, -0.1) is 0 Å². The first-order valence-electron chi connectivity index (χ1n) is 5.58. The van der Waals surface area contributed by atoms with Crippen molar-refractivity contribution in [3.8, 4) is 5.75 Å². The van der Waals surface area contributed by atoms with Crippen molar-refractivity contribution in [3.05, 3.63) is 23.8 Å². The molecule has 1 amide bonds. The lowest BCUT2D eigenvalue weighted by Crippen LogP contribution is -2.36. The van der Waals surface area contributed by atoms with E-state index in [9.17, 15) is 4.79 Å². The molecule has 100 valence electrons. The summed E-state index contributed by atoms with van der Waals surface area (Å²) in [5.41, 5.74) is 6.41. The number of amides is 1. The normalized spacial score (nSPS) is 10.2. The maximum atomic E-state index is 12.1. The van der Waals surface area contributed by atoms with Crippen molar-refractivity contribution in [3.63, 3.8) is 0 Å². The Hall–Kier alpha value is -1.79. The van der Waals surface area contributed by atoms with Crippen LogP contribution >= 0.6 is 0 Å². The number of hydrogen-bond acceptors (Lipinski definition) is 5. The zero-order valence-corrected chi connectivity index (χ0v) is 10.3. The molecule has 0 atom stereocenters. The molecule has 1 rings (SSSR count). The zero-order valence-electron chi connectivity index (χ0n) is 10.3. The average molecular weight is 254 g/mol. The van der Waals surface area contributed by atoms with Crippen LogP contribution in [0.2, 0.25) is 0 Å². The molecule has 0 saturated carbocycles. The van der Waals surface area contributed by atoms with Crippen molar-refractivity contribution in [2.45, 2.75) is 0 Å². The summed E-state index contributed by atoms with van der Waals surface area (Å²) in [5, 5.41) is 17.8. The molecule has 1 aromatic carbocycles. The summed E-state index contributed by atoms with van der Waals surface area (Å²) in [5.74, 6) is 0.248. The van der Waals surface area contributed by atoms with Gasteiger partial charge in [-0.05, 0) is 12.1 Å². The zero-order chi connectivity index (χ0) is 13.5. The van der Waals surface area contributed by atoms with Crippen molar-refractivity contribution in [2.75, 3.05) is 39.1 Å². The first-order valence-corrected chi connectivity index (χ1v) is 5.58. The molecule has 1 aromatic rings. The number of anilines is 1. The summed E-state index contributed by atoms with van der Waals surface area (Å²) >= 11 is 0. The second-order valence-electron chi connectivity index (χ2n) is 3.69. The van der Waals surface area contributed by atoms with Gasteiger partial charge in [-0.3, -0.25) is 4.79 Å². The van der Waals surface area contributed by atoms with Crippen LogP contribution in [0.5, 0.6) is 5.75 Å². The van der Waals surface area contributed by atoms with Gasteiger partial charge in [0.25, 0.3) is 5.91 Å². The number of hydrogen-bond donors (Lipinski definition) is 3. The Morgan fingerprint density at radius 2 is 1.94 bits per heavy atom. The SMILES string of the molecule is COc1ccc(C(=O)N(CCO)CCO)c(N)c1. The molecule has 0 aliphatic carbocycles. The predicted molar refractivity (Wildman–Crippen MR) is 67.5 cm³/mol. The molecule has 0 unspecified atom stereocenters. The molecule has 0 aliphatic heterocycles. The molecule has 0 radical (unpaired) electrons. The Bertz CT molecular complexity index is 403. The molecule has 0 spiro atoms. The number of nitrogen functional groups attached to an aromatic ring is 1. The summed E-state index contributed by atoms with van der Waals surface area (Å²) in [6, 6.07) is 4.77. The molecule has 0 aliphatic rings. The highest BCUT2D eigenvalue weighted by molar-refractivity contribution is 5.99. The number of nitrogens with two attached hydrogens (primary N) is 1. The van der Waals surface area contributed by atoms with Gasteiger partial charge in [-0.2, -0.15) is 0 Å². The smallest absolute Gasteiger partial charge is 0.256 e. The first kappa shape index (κ1) is 14.3. The molecule has 6 heteroatoms. The van der Waals surface area contributed by atoms with Gasteiger partial charge in [0, 0.05) is 24.8 Å². The van der Waals surface area contributed by atoms with E-state index in [0.717, 1.165) is 0 Å². The number of nitrogens with zero attached hydrogens (tertiary/aromatic N) is 1. The van der Waals surface area contributed by atoms with E-state index in [0.29, 0.717) is 17.0 Å². The second kappa shape index (κ2) is 6.83. The topological polar surface area (TPSA) is 96.0 Å². The summed E-state index contributed by atoms with van der Waals surface area (Å²) < 4.78 is 5.00. The van der Waals surface area contributed by atoms with Gasteiger partial charge in [0.15, 0.2) is 0 Å². The van der Waals surface area contributed by atoms with Gasteiger partial charge in [-0.25, -0.2) is 0 Å². The van der Waals surface area contributed by atoms with Gasteiger partial charge in [-0.1, -0.05) is 0 Å². The van der Waals surface area contributed by atoms with E-state index in [-0.39, 0.29) is 32.2 Å². The van der Waals surface area contributed by atoms with E-state index in [1.54, 1.807) is 18.2 Å². The minimum Gasteiger partial charge on any atom is -0.497 e. The van der Waals surface area contributed by atoms with Crippen LogP contribution < -0.4 is 10.5 Å². The van der Waals surface area contributed by atoms with Crippen LogP contribution in [0, 0.1) is 0 Å². The van der Waals surface area contributed by atoms with Gasteiger partial charge in [0.05, 0.1) is 25.9 Å². The highest BCUT2D eigenvalue weighted by Gasteiger charge is 2.17. The summed E-state index contributed by atoms with van der Waals surface area (Å²) in [6.45, 7) is -0.0146. The molecular formula is C12H18N2O4. The number of carbonyl (C=O) groups is 1. The molecule has 0 fully saturated rings. The monoisotopic (exact) mass is 254 g/mol. The largest absolute Gasteiger partial charge is 0.497 e. The first-order chi connectivity index (χ1) is 8.63. The number of carbonyl (C=O) groups excluding carboxylic acids is 1. The molecule has 0 heterocycles. The van der Waals surface area contributed by atoms with Crippen molar-refractivity contribution >= 4 is 11.6 Å². The summed E-state index contributed by atoms with van der Waals surface area (Å²) in [7, 11) is 1.51. The van der Waals surface area contributed by atoms with Crippen LogP contribution in [0.1, 0.15) is 10.4 Å². The Morgan fingerprint density at radius 3 is 2.39 bits per heavy atom. The molecule has 18 heavy (non-hydrogen) atoms. The van der Waals surface area contributed by atoms with Crippen molar-refractivity contribution in [1.29, 1.82) is 0 Å². The number of aliphatic hydroxyl groups is 2. The summed E-state index contributed by atoms with van der Waals surface area (Å²) in [6.07, 6.45) is 0. The number of benzene rings is 1. The Balaban J connectivity index is 2.93.